The van der Waals surface area contributed by atoms with Crippen LogP contribution >= 0.6 is 0 Å². The summed E-state index contributed by atoms with van der Waals surface area (Å²) in [7, 11) is 0. The number of hydrogen-bond acceptors (Lipinski definition) is 3. The summed E-state index contributed by atoms with van der Waals surface area (Å²) in [4.78, 5) is 2.40. The average molecular weight is 228 g/mol. The van der Waals surface area contributed by atoms with Crippen LogP contribution in [0.2, 0.25) is 0 Å². The Morgan fingerprint density at radius 2 is 2.24 bits per heavy atom. The third-order valence-corrected chi connectivity index (χ3v) is 3.25. The van der Waals surface area contributed by atoms with E-state index in [0.717, 1.165) is 31.7 Å². The van der Waals surface area contributed by atoms with Gasteiger partial charge in [0.15, 0.2) is 0 Å². The van der Waals surface area contributed by atoms with Crippen LogP contribution < -0.4 is 10.6 Å². The highest BCUT2D eigenvalue weighted by Gasteiger charge is 2.18. The van der Waals surface area contributed by atoms with Crippen LogP contribution in [0.4, 0.5) is 11.4 Å². The zero-order valence-electron chi connectivity index (χ0n) is 9.71. The first-order valence-corrected chi connectivity index (χ1v) is 5.94. The Morgan fingerprint density at radius 3 is 3.06 bits per heavy atom. The van der Waals surface area contributed by atoms with E-state index in [0.29, 0.717) is 0 Å². The number of benzene rings is 1. The van der Waals surface area contributed by atoms with E-state index in [9.17, 15) is 0 Å². The van der Waals surface area contributed by atoms with Gasteiger partial charge in [0.1, 0.15) is 0 Å². The number of nitrogen functional groups attached to an aromatic ring is 1. The Hall–Kier alpha value is -1.97. The Morgan fingerprint density at radius 1 is 1.29 bits per heavy atom. The number of rotatable bonds is 3. The van der Waals surface area contributed by atoms with Gasteiger partial charge in [-0.15, -0.1) is 0 Å². The van der Waals surface area contributed by atoms with Gasteiger partial charge in [-0.1, -0.05) is 0 Å². The molecule has 0 fully saturated rings. The molecule has 0 unspecified atom stereocenters. The van der Waals surface area contributed by atoms with Crippen molar-refractivity contribution in [3.05, 3.63) is 42.2 Å². The summed E-state index contributed by atoms with van der Waals surface area (Å²) >= 11 is 0. The van der Waals surface area contributed by atoms with E-state index in [1.165, 1.54) is 11.3 Å². The first-order chi connectivity index (χ1) is 8.33. The highest BCUT2D eigenvalue weighted by molar-refractivity contribution is 5.62. The molecule has 1 aliphatic heterocycles. The lowest BCUT2D eigenvalue weighted by Crippen LogP contribution is -2.25. The minimum atomic E-state index is 0.859. The van der Waals surface area contributed by atoms with Crippen LogP contribution in [0.5, 0.6) is 0 Å². The Kier molecular flexibility index (Phi) is 2.48. The second-order valence-corrected chi connectivity index (χ2v) is 4.39. The summed E-state index contributed by atoms with van der Waals surface area (Å²) in [5.41, 5.74) is 9.35. The standard InChI is InChI=1S/C13H16N4/c14-12-2-3-13-11(10-12)4-7-16(13)8-9-17-6-1-5-15-17/h1-3,5-6,10H,4,7-9,14H2. The number of hydrogen-bond donors (Lipinski definition) is 1. The predicted molar refractivity (Wildman–Crippen MR) is 69.0 cm³/mol. The third-order valence-electron chi connectivity index (χ3n) is 3.25. The molecule has 17 heavy (non-hydrogen) atoms. The van der Waals surface area contributed by atoms with Gasteiger partial charge in [-0.05, 0) is 36.2 Å². The Bertz CT molecular complexity index is 504. The molecule has 0 saturated heterocycles. The van der Waals surface area contributed by atoms with E-state index in [1.54, 1.807) is 0 Å². The summed E-state index contributed by atoms with van der Waals surface area (Å²) in [6.07, 6.45) is 4.91. The topological polar surface area (TPSA) is 47.1 Å². The van der Waals surface area contributed by atoms with E-state index in [-0.39, 0.29) is 0 Å². The molecule has 0 atom stereocenters. The smallest absolute Gasteiger partial charge is 0.0584 e. The number of nitrogens with zero attached hydrogens (tertiary/aromatic N) is 3. The fourth-order valence-electron chi connectivity index (χ4n) is 2.38. The van der Waals surface area contributed by atoms with Crippen molar-refractivity contribution in [1.29, 1.82) is 0 Å². The normalized spacial score (nSPS) is 14.0. The zero-order valence-corrected chi connectivity index (χ0v) is 9.71. The summed E-state index contributed by atoms with van der Waals surface area (Å²) in [5, 5.41) is 4.22. The first-order valence-electron chi connectivity index (χ1n) is 5.94. The van der Waals surface area contributed by atoms with Crippen molar-refractivity contribution in [2.75, 3.05) is 23.7 Å². The third kappa shape index (κ3) is 1.98. The molecule has 4 heteroatoms. The average Bonchev–Trinajstić information content (AvgIpc) is 2.94. The minimum Gasteiger partial charge on any atom is -0.399 e. The molecule has 2 N–H and O–H groups in total. The maximum Gasteiger partial charge on any atom is 0.0584 e. The van der Waals surface area contributed by atoms with E-state index in [2.05, 4.69) is 22.1 Å². The van der Waals surface area contributed by atoms with Crippen molar-refractivity contribution in [3.63, 3.8) is 0 Å². The van der Waals surface area contributed by atoms with Crippen molar-refractivity contribution in [3.8, 4) is 0 Å². The molecule has 0 radical (unpaired) electrons. The van der Waals surface area contributed by atoms with Crippen LogP contribution in [-0.4, -0.2) is 22.9 Å². The highest BCUT2D eigenvalue weighted by Crippen LogP contribution is 2.29. The summed E-state index contributed by atoms with van der Waals surface area (Å²) in [5.74, 6) is 0. The largest absolute Gasteiger partial charge is 0.399 e. The molecule has 0 spiro atoms. The van der Waals surface area contributed by atoms with E-state index >= 15 is 0 Å². The van der Waals surface area contributed by atoms with Crippen LogP contribution in [-0.2, 0) is 13.0 Å². The fraction of sp³-hybridized carbons (Fsp3) is 0.308. The number of nitrogens with two attached hydrogens (primary N) is 1. The van der Waals surface area contributed by atoms with Gasteiger partial charge in [0.05, 0.1) is 6.54 Å². The molecule has 88 valence electrons. The SMILES string of the molecule is Nc1ccc2c(c1)CCN2CCn1cccn1. The van der Waals surface area contributed by atoms with Gasteiger partial charge in [-0.3, -0.25) is 4.68 Å². The number of anilines is 2. The van der Waals surface area contributed by atoms with Crippen LogP contribution in [0, 0.1) is 0 Å². The van der Waals surface area contributed by atoms with E-state index < -0.39 is 0 Å². The van der Waals surface area contributed by atoms with Crippen LogP contribution in [0.1, 0.15) is 5.56 Å². The van der Waals surface area contributed by atoms with Crippen LogP contribution in [0.15, 0.2) is 36.7 Å². The molecular weight excluding hydrogens is 212 g/mol. The molecule has 1 aromatic carbocycles. The maximum absolute atomic E-state index is 5.79. The Labute approximate surface area is 101 Å². The van der Waals surface area contributed by atoms with Gasteiger partial charge < -0.3 is 10.6 Å². The maximum atomic E-state index is 5.79. The number of aromatic nitrogens is 2. The molecule has 4 nitrogen and oxygen atoms in total. The quantitative estimate of drug-likeness (QED) is 0.810. The van der Waals surface area contributed by atoms with Gasteiger partial charge >= 0.3 is 0 Å². The van der Waals surface area contributed by atoms with Crippen molar-refractivity contribution < 1.29 is 0 Å². The van der Waals surface area contributed by atoms with Gasteiger partial charge in [-0.2, -0.15) is 5.10 Å². The molecule has 0 aliphatic carbocycles. The minimum absolute atomic E-state index is 0.859. The van der Waals surface area contributed by atoms with Gasteiger partial charge in [0, 0.05) is 36.9 Å². The lowest BCUT2D eigenvalue weighted by Gasteiger charge is -2.19. The van der Waals surface area contributed by atoms with Crippen molar-refractivity contribution in [2.24, 2.45) is 0 Å². The molecule has 1 aromatic heterocycles. The molecule has 3 rings (SSSR count). The monoisotopic (exact) mass is 228 g/mol. The zero-order chi connectivity index (χ0) is 11.7. The summed E-state index contributed by atoms with van der Waals surface area (Å²) in [6.45, 7) is 3.01. The van der Waals surface area contributed by atoms with Gasteiger partial charge in [0.25, 0.3) is 0 Å². The van der Waals surface area contributed by atoms with Gasteiger partial charge in [0.2, 0.25) is 0 Å². The Balaban J connectivity index is 1.71. The summed E-state index contributed by atoms with van der Waals surface area (Å²) < 4.78 is 1.97. The van der Waals surface area contributed by atoms with Crippen LogP contribution in [0.3, 0.4) is 0 Å². The first kappa shape index (κ1) is 10.2. The molecule has 2 heterocycles. The molecule has 0 amide bonds. The second kappa shape index (κ2) is 4.13. The summed E-state index contributed by atoms with van der Waals surface area (Å²) in [6, 6.07) is 8.15. The molecule has 0 saturated carbocycles. The van der Waals surface area contributed by atoms with Crippen molar-refractivity contribution >= 4 is 11.4 Å². The van der Waals surface area contributed by atoms with Crippen molar-refractivity contribution in [1.82, 2.24) is 9.78 Å². The predicted octanol–water partition coefficient (Wildman–Crippen LogP) is 1.53. The molecule has 2 aromatic rings. The van der Waals surface area contributed by atoms with Crippen molar-refractivity contribution in [2.45, 2.75) is 13.0 Å². The highest BCUT2D eigenvalue weighted by atomic mass is 15.3. The van der Waals surface area contributed by atoms with Crippen LogP contribution in [0.25, 0.3) is 0 Å². The molecule has 0 bridgehead atoms. The van der Waals surface area contributed by atoms with E-state index in [1.807, 2.05) is 29.2 Å². The lowest BCUT2D eigenvalue weighted by atomic mass is 10.1. The van der Waals surface area contributed by atoms with Gasteiger partial charge in [-0.25, -0.2) is 0 Å². The lowest BCUT2D eigenvalue weighted by molar-refractivity contribution is 0.602. The number of fused-ring (bicyclic) bond motifs is 1. The molecular formula is C13H16N4. The fourth-order valence-corrected chi connectivity index (χ4v) is 2.38. The van der Waals surface area contributed by atoms with E-state index in [4.69, 9.17) is 5.73 Å². The second-order valence-electron chi connectivity index (χ2n) is 4.39. The molecule has 1 aliphatic rings.